The van der Waals surface area contributed by atoms with E-state index in [0.717, 1.165) is 51.4 Å². The number of esters is 2. The predicted molar refractivity (Wildman–Crippen MR) is 102 cm³/mol. The van der Waals surface area contributed by atoms with E-state index in [0.29, 0.717) is 0 Å². The number of carbonyl (C=O) groups is 2. The van der Waals surface area contributed by atoms with E-state index in [1.807, 2.05) is 12.1 Å². The summed E-state index contributed by atoms with van der Waals surface area (Å²) >= 11 is 0. The molecule has 0 aromatic rings. The lowest BCUT2D eigenvalue weighted by Crippen LogP contribution is -2.42. The van der Waals surface area contributed by atoms with E-state index in [9.17, 15) is 9.59 Å². The van der Waals surface area contributed by atoms with Crippen molar-refractivity contribution in [2.75, 3.05) is 13.2 Å². The minimum atomic E-state index is -1.55. The number of unbranched alkanes of at least 4 members (excludes halogenated alkanes) is 6. The van der Waals surface area contributed by atoms with Gasteiger partial charge in [0.1, 0.15) is 0 Å². The lowest BCUT2D eigenvalue weighted by atomic mass is 9.79. The van der Waals surface area contributed by atoms with E-state index < -0.39 is 17.4 Å². The van der Waals surface area contributed by atoms with Crippen molar-refractivity contribution < 1.29 is 19.1 Å². The Balaban J connectivity index is 5.02. The van der Waals surface area contributed by atoms with Crippen LogP contribution < -0.4 is 0 Å². The molecule has 0 saturated carbocycles. The number of hydrogen-bond donors (Lipinski definition) is 0. The molecule has 0 N–H and O–H groups in total. The number of carbonyl (C=O) groups excluding carboxylic acids is 2. The molecule has 0 atom stereocenters. The fourth-order valence-corrected chi connectivity index (χ4v) is 2.82. The Morgan fingerprint density at radius 3 is 1.48 bits per heavy atom. The Hall–Kier alpha value is -2.08. The van der Waals surface area contributed by atoms with Gasteiger partial charge in [-0.2, -0.15) is 10.5 Å². The standard InChI is InChI=1S/C21H34N2O4/c1-3-5-7-9-17-26-19(24)21(13-11-15-22,14-12-16-23)20(25)27-18-10-8-6-4-2/h3-14,17-18H2,1-2H3. The molecule has 0 heterocycles. The molecule has 0 spiro atoms. The highest BCUT2D eigenvalue weighted by molar-refractivity contribution is 6.00. The molecule has 6 heteroatoms. The maximum atomic E-state index is 12.7. The Labute approximate surface area is 163 Å². The van der Waals surface area contributed by atoms with Crippen LogP contribution in [0.5, 0.6) is 0 Å². The monoisotopic (exact) mass is 378 g/mol. The first kappa shape index (κ1) is 24.9. The first-order chi connectivity index (χ1) is 13.1. The van der Waals surface area contributed by atoms with Crippen LogP contribution in [-0.4, -0.2) is 25.2 Å². The zero-order valence-corrected chi connectivity index (χ0v) is 16.9. The van der Waals surface area contributed by atoms with Gasteiger partial charge in [-0.3, -0.25) is 9.59 Å². The molecule has 0 saturated heterocycles. The van der Waals surface area contributed by atoms with Crippen LogP contribution in [0.3, 0.4) is 0 Å². The lowest BCUT2D eigenvalue weighted by molar-refractivity contribution is -0.174. The highest BCUT2D eigenvalue weighted by atomic mass is 16.6. The third-order valence-corrected chi connectivity index (χ3v) is 4.57. The van der Waals surface area contributed by atoms with Gasteiger partial charge < -0.3 is 9.47 Å². The van der Waals surface area contributed by atoms with Gasteiger partial charge in [-0.25, -0.2) is 0 Å². The van der Waals surface area contributed by atoms with Crippen LogP contribution in [0.1, 0.15) is 90.9 Å². The highest BCUT2D eigenvalue weighted by Crippen LogP contribution is 2.33. The van der Waals surface area contributed by atoms with Crippen molar-refractivity contribution in [2.45, 2.75) is 90.9 Å². The summed E-state index contributed by atoms with van der Waals surface area (Å²) in [6.45, 7) is 4.67. The van der Waals surface area contributed by atoms with Crippen molar-refractivity contribution in [1.82, 2.24) is 0 Å². The van der Waals surface area contributed by atoms with Crippen LogP contribution >= 0.6 is 0 Å². The smallest absolute Gasteiger partial charge is 0.323 e. The van der Waals surface area contributed by atoms with Gasteiger partial charge in [-0.05, 0) is 25.7 Å². The molecule has 27 heavy (non-hydrogen) atoms. The molecule has 0 aromatic heterocycles. The molecule has 0 aliphatic rings. The zero-order chi connectivity index (χ0) is 20.4. The van der Waals surface area contributed by atoms with Crippen molar-refractivity contribution in [1.29, 1.82) is 10.5 Å². The average molecular weight is 379 g/mol. The maximum Gasteiger partial charge on any atom is 0.323 e. The second-order valence-corrected chi connectivity index (χ2v) is 6.79. The van der Waals surface area contributed by atoms with Gasteiger partial charge in [0.25, 0.3) is 0 Å². The number of hydrogen-bond acceptors (Lipinski definition) is 6. The van der Waals surface area contributed by atoms with Crippen molar-refractivity contribution >= 4 is 11.9 Å². The minimum absolute atomic E-state index is 0.0206. The van der Waals surface area contributed by atoms with Crippen molar-refractivity contribution in [3.05, 3.63) is 0 Å². The van der Waals surface area contributed by atoms with Crippen LogP contribution in [0.15, 0.2) is 0 Å². The zero-order valence-electron chi connectivity index (χ0n) is 16.9. The molecule has 0 radical (unpaired) electrons. The van der Waals surface area contributed by atoms with Crippen LogP contribution in [0.25, 0.3) is 0 Å². The molecule has 0 rings (SSSR count). The van der Waals surface area contributed by atoms with Crippen molar-refractivity contribution in [3.63, 3.8) is 0 Å². The average Bonchev–Trinajstić information content (AvgIpc) is 2.67. The summed E-state index contributed by atoms with van der Waals surface area (Å²) in [5.41, 5.74) is -1.55. The van der Waals surface area contributed by atoms with Gasteiger partial charge >= 0.3 is 11.9 Å². The van der Waals surface area contributed by atoms with Crippen LogP contribution in [0.2, 0.25) is 0 Å². The Morgan fingerprint density at radius 2 is 1.15 bits per heavy atom. The summed E-state index contributed by atoms with van der Waals surface area (Å²) in [5, 5.41) is 17.9. The van der Waals surface area contributed by atoms with Crippen molar-refractivity contribution in [2.24, 2.45) is 5.41 Å². The first-order valence-corrected chi connectivity index (χ1v) is 10.2. The van der Waals surface area contributed by atoms with Crippen LogP contribution in [0, 0.1) is 28.1 Å². The van der Waals surface area contributed by atoms with Gasteiger partial charge in [0.05, 0.1) is 25.4 Å². The largest absolute Gasteiger partial charge is 0.465 e. The SMILES string of the molecule is CCCCCCOC(=O)C(CCC#N)(CCC#N)C(=O)OCCCCCC. The topological polar surface area (TPSA) is 100 Å². The van der Waals surface area contributed by atoms with Crippen LogP contribution in [-0.2, 0) is 19.1 Å². The summed E-state index contributed by atoms with van der Waals surface area (Å²) in [5.74, 6) is -1.33. The van der Waals surface area contributed by atoms with Gasteiger partial charge in [0, 0.05) is 12.8 Å². The molecule has 6 nitrogen and oxygen atoms in total. The number of nitrogens with zero attached hydrogens (tertiary/aromatic N) is 2. The summed E-state index contributed by atoms with van der Waals surface area (Å²) in [6, 6.07) is 3.96. The molecule has 0 aliphatic carbocycles. The highest BCUT2D eigenvalue weighted by Gasteiger charge is 2.48. The van der Waals surface area contributed by atoms with Crippen LogP contribution in [0.4, 0.5) is 0 Å². The fourth-order valence-electron chi connectivity index (χ4n) is 2.82. The van der Waals surface area contributed by atoms with Gasteiger partial charge in [-0.15, -0.1) is 0 Å². The Morgan fingerprint density at radius 1 is 0.741 bits per heavy atom. The fraction of sp³-hybridized carbons (Fsp3) is 0.810. The molecule has 0 aliphatic heterocycles. The van der Waals surface area contributed by atoms with E-state index in [4.69, 9.17) is 20.0 Å². The predicted octanol–water partition coefficient (Wildman–Crippen LogP) is 4.83. The summed E-state index contributed by atoms with van der Waals surface area (Å²) in [6.07, 6.45) is 7.75. The number of rotatable bonds is 16. The molecule has 0 bridgehead atoms. The first-order valence-electron chi connectivity index (χ1n) is 10.2. The number of nitriles is 2. The molecule has 0 aromatic carbocycles. The summed E-state index contributed by atoms with van der Waals surface area (Å²) < 4.78 is 10.7. The molecular weight excluding hydrogens is 344 g/mol. The summed E-state index contributed by atoms with van der Waals surface area (Å²) in [7, 11) is 0. The van der Waals surface area contributed by atoms with E-state index in [-0.39, 0.29) is 38.9 Å². The third-order valence-electron chi connectivity index (χ3n) is 4.57. The lowest BCUT2D eigenvalue weighted by Gasteiger charge is -2.28. The minimum Gasteiger partial charge on any atom is -0.465 e. The third kappa shape index (κ3) is 9.99. The van der Waals surface area contributed by atoms with Gasteiger partial charge in [0.15, 0.2) is 5.41 Å². The molecule has 152 valence electrons. The van der Waals surface area contributed by atoms with E-state index in [2.05, 4.69) is 13.8 Å². The van der Waals surface area contributed by atoms with E-state index in [1.54, 1.807) is 0 Å². The quantitative estimate of drug-likeness (QED) is 0.217. The Kier molecular flexibility index (Phi) is 14.9. The second-order valence-electron chi connectivity index (χ2n) is 6.79. The number of ether oxygens (including phenoxy) is 2. The molecular formula is C21H34N2O4. The second kappa shape index (κ2) is 16.1. The molecule has 0 amide bonds. The van der Waals surface area contributed by atoms with E-state index in [1.165, 1.54) is 0 Å². The van der Waals surface area contributed by atoms with Crippen molar-refractivity contribution in [3.8, 4) is 12.1 Å². The maximum absolute atomic E-state index is 12.7. The Bertz CT molecular complexity index is 459. The summed E-state index contributed by atoms with van der Waals surface area (Å²) in [4.78, 5) is 25.5. The van der Waals surface area contributed by atoms with Gasteiger partial charge in [-0.1, -0.05) is 52.4 Å². The molecule has 0 unspecified atom stereocenters. The normalized spacial score (nSPS) is 10.7. The molecule has 0 fully saturated rings. The van der Waals surface area contributed by atoms with E-state index >= 15 is 0 Å². The van der Waals surface area contributed by atoms with Gasteiger partial charge in [0.2, 0.25) is 0 Å².